The molecule has 1 aliphatic heterocycles. The summed E-state index contributed by atoms with van der Waals surface area (Å²) in [5.74, 6) is -2.76. The van der Waals surface area contributed by atoms with E-state index in [0.717, 1.165) is 25.2 Å². The Hall–Kier alpha value is -2.79. The Balaban J connectivity index is 2.13. The predicted octanol–water partition coefficient (Wildman–Crippen LogP) is 0.423. The van der Waals surface area contributed by atoms with Crippen molar-refractivity contribution in [3.05, 3.63) is 30.3 Å². The second kappa shape index (κ2) is 14.7. The molecule has 1 fully saturated rings. The van der Waals surface area contributed by atoms with Crippen LogP contribution in [0.2, 0.25) is 0 Å². The molecule has 1 aromatic carbocycles. The third-order valence-corrected chi connectivity index (χ3v) is 6.70. The van der Waals surface area contributed by atoms with Gasteiger partial charge in [-0.2, -0.15) is 0 Å². The van der Waals surface area contributed by atoms with Crippen LogP contribution in [-0.2, 0) is 52.4 Å². The second-order valence-electron chi connectivity index (χ2n) is 7.83. The topological polar surface area (TPSA) is 141 Å². The van der Waals surface area contributed by atoms with Crippen LogP contribution in [-0.4, -0.2) is 87.4 Å². The summed E-state index contributed by atoms with van der Waals surface area (Å²) in [4.78, 5) is 59.1. The summed E-state index contributed by atoms with van der Waals surface area (Å²) >= 11 is -0.324. The van der Waals surface area contributed by atoms with Crippen molar-refractivity contribution in [1.82, 2.24) is 0 Å². The van der Waals surface area contributed by atoms with E-state index in [1.165, 1.54) is 6.92 Å². The van der Waals surface area contributed by atoms with Gasteiger partial charge in [0, 0.05) is 0 Å². The molecule has 36 heavy (non-hydrogen) atoms. The third-order valence-electron chi connectivity index (χ3n) is 4.73. The van der Waals surface area contributed by atoms with E-state index in [1.54, 1.807) is 0 Å². The van der Waals surface area contributed by atoms with Gasteiger partial charge in [0.25, 0.3) is 0 Å². The van der Waals surface area contributed by atoms with Gasteiger partial charge in [-0.25, -0.2) is 0 Å². The minimum absolute atomic E-state index is 0.0599. The Bertz CT molecular complexity index is 920. The minimum atomic E-state index is -1.29. The van der Waals surface area contributed by atoms with Crippen molar-refractivity contribution in [3.63, 3.8) is 0 Å². The van der Waals surface area contributed by atoms with Crippen LogP contribution in [0, 0.1) is 0 Å². The van der Waals surface area contributed by atoms with Gasteiger partial charge in [-0.15, -0.1) is 0 Å². The maximum absolute atomic E-state index is 12.3. The van der Waals surface area contributed by atoms with E-state index in [9.17, 15) is 24.0 Å². The van der Waals surface area contributed by atoms with E-state index < -0.39 is 54.6 Å². The summed E-state index contributed by atoms with van der Waals surface area (Å²) in [6, 6.07) is 9.42. The zero-order chi connectivity index (χ0) is 26.7. The number of hydrogen-bond donors (Lipinski definition) is 0. The normalized spacial score (nSPS) is 23.3. The summed E-state index contributed by atoms with van der Waals surface area (Å²) in [7, 11) is 0. The van der Waals surface area contributed by atoms with Gasteiger partial charge in [0.05, 0.1) is 0 Å². The maximum atomic E-state index is 12.3. The quantitative estimate of drug-likeness (QED) is 0.149. The summed E-state index contributed by atoms with van der Waals surface area (Å²) in [6.07, 6.45) is -5.53. The van der Waals surface area contributed by atoms with Gasteiger partial charge in [0.1, 0.15) is 0 Å². The molecule has 198 valence electrons. The van der Waals surface area contributed by atoms with Crippen molar-refractivity contribution in [2.75, 3.05) is 13.2 Å². The van der Waals surface area contributed by atoms with Gasteiger partial charge < -0.3 is 0 Å². The number of carbonyl (C=O) groups excluding carboxylic acids is 5. The first-order valence-corrected chi connectivity index (χ1v) is 13.0. The molecule has 0 unspecified atom stereocenters. The molecule has 11 nitrogen and oxygen atoms in total. The Labute approximate surface area is 215 Å². The molecule has 2 rings (SSSR count). The van der Waals surface area contributed by atoms with Crippen molar-refractivity contribution in [1.29, 1.82) is 0 Å². The Morgan fingerprint density at radius 2 is 1.39 bits per heavy atom. The Morgan fingerprint density at radius 1 is 0.806 bits per heavy atom. The van der Waals surface area contributed by atoms with Crippen molar-refractivity contribution in [2.45, 2.75) is 71.2 Å². The molecule has 0 aliphatic carbocycles. The van der Waals surface area contributed by atoms with Crippen molar-refractivity contribution in [2.24, 2.45) is 0 Å². The molecule has 0 N–H and O–H groups in total. The van der Waals surface area contributed by atoms with E-state index in [2.05, 4.69) is 0 Å². The molecule has 0 amide bonds. The number of esters is 4. The van der Waals surface area contributed by atoms with E-state index >= 15 is 0 Å². The van der Waals surface area contributed by atoms with Crippen molar-refractivity contribution >= 4 is 48.0 Å². The number of hydrogen-bond acceptors (Lipinski definition) is 11. The van der Waals surface area contributed by atoms with Crippen LogP contribution >= 0.6 is 0 Å². The number of benzene rings is 1. The molecule has 0 spiro atoms. The average molecular weight is 573 g/mol. The van der Waals surface area contributed by atoms with E-state index in [-0.39, 0.29) is 39.3 Å². The molecular formula is C24H30O11Se. The molecular weight excluding hydrogens is 543 g/mol. The van der Waals surface area contributed by atoms with Crippen LogP contribution in [0.15, 0.2) is 30.3 Å². The molecule has 1 heterocycles. The van der Waals surface area contributed by atoms with Gasteiger partial charge in [-0.1, -0.05) is 0 Å². The van der Waals surface area contributed by atoms with Gasteiger partial charge >= 0.3 is 215 Å². The van der Waals surface area contributed by atoms with E-state index in [4.69, 9.17) is 28.4 Å². The molecule has 0 saturated carbocycles. The molecule has 0 aromatic heterocycles. The van der Waals surface area contributed by atoms with Crippen LogP contribution in [0.3, 0.4) is 0 Å². The van der Waals surface area contributed by atoms with Gasteiger partial charge in [0.15, 0.2) is 0 Å². The standard InChI is InChI=1S/C24H30O11Se/c1-14(25)31-13-19-21(32-15(2)26)22(33-16(3)27)23(34-17(4)28)24(35-19)30-12-8-11-20(29)36-18-9-6-5-7-10-18/h5-7,9-10,19,21-24H,8,11-13H2,1-4H3/t19-,21-,22+,23-,24-/m1/s1. The SMILES string of the molecule is CC(=O)OC[C@H]1O[C@@H](OCCCC(=O)[Se]c2ccccc2)[C@H](OC(C)=O)[C@@H](OC(C)=O)[C@@H]1OC(C)=O. The van der Waals surface area contributed by atoms with Crippen LogP contribution in [0.25, 0.3) is 0 Å². The zero-order valence-corrected chi connectivity index (χ0v) is 22.2. The van der Waals surface area contributed by atoms with Crippen molar-refractivity contribution in [3.8, 4) is 0 Å². The van der Waals surface area contributed by atoms with Crippen molar-refractivity contribution < 1.29 is 52.4 Å². The molecule has 1 aromatic rings. The van der Waals surface area contributed by atoms with Crippen LogP contribution in [0.1, 0.15) is 40.5 Å². The third kappa shape index (κ3) is 10.1. The molecule has 1 aliphatic rings. The first-order chi connectivity index (χ1) is 17.1. The van der Waals surface area contributed by atoms with Gasteiger partial charge in [-0.3, -0.25) is 0 Å². The summed E-state index contributed by atoms with van der Waals surface area (Å²) in [5.41, 5.74) is 0. The number of ether oxygens (including phenoxy) is 6. The van der Waals surface area contributed by atoms with Crippen LogP contribution in [0.5, 0.6) is 0 Å². The fourth-order valence-corrected chi connectivity index (χ4v) is 5.09. The summed E-state index contributed by atoms with van der Waals surface area (Å²) in [6.45, 7) is 4.35. The molecule has 0 radical (unpaired) electrons. The van der Waals surface area contributed by atoms with Gasteiger partial charge in [0.2, 0.25) is 0 Å². The monoisotopic (exact) mass is 574 g/mol. The fraction of sp³-hybridized carbons (Fsp3) is 0.542. The van der Waals surface area contributed by atoms with E-state index in [1.807, 2.05) is 30.3 Å². The molecule has 5 atom stereocenters. The first-order valence-electron chi connectivity index (χ1n) is 11.2. The van der Waals surface area contributed by atoms with Crippen LogP contribution < -0.4 is 4.46 Å². The number of carbonyl (C=O) groups is 5. The zero-order valence-electron chi connectivity index (χ0n) is 20.5. The van der Waals surface area contributed by atoms with Gasteiger partial charge in [-0.05, 0) is 0 Å². The second-order valence-corrected chi connectivity index (χ2v) is 10.2. The predicted molar refractivity (Wildman–Crippen MR) is 124 cm³/mol. The first kappa shape index (κ1) is 29.4. The molecule has 12 heteroatoms. The van der Waals surface area contributed by atoms with Crippen LogP contribution in [0.4, 0.5) is 0 Å². The molecule has 0 bridgehead atoms. The summed E-state index contributed by atoms with van der Waals surface area (Å²) in [5, 5.41) is 0. The number of rotatable bonds is 12. The summed E-state index contributed by atoms with van der Waals surface area (Å²) < 4.78 is 33.7. The molecule has 1 saturated heterocycles. The van der Waals surface area contributed by atoms with E-state index in [0.29, 0.717) is 6.42 Å². The Morgan fingerprint density at radius 3 is 1.97 bits per heavy atom. The Kier molecular flexibility index (Phi) is 12.0. The fourth-order valence-electron chi connectivity index (χ4n) is 3.41. The average Bonchev–Trinajstić information content (AvgIpc) is 2.78.